The summed E-state index contributed by atoms with van der Waals surface area (Å²) >= 11 is 3.49. The second-order valence-corrected chi connectivity index (χ2v) is 8.37. The molecular formula is C17H29N5S2+2. The zero-order chi connectivity index (χ0) is 17.1. The molecule has 1 unspecified atom stereocenters. The van der Waals surface area contributed by atoms with Crippen molar-refractivity contribution in [3.8, 4) is 0 Å². The number of hydrogen-bond donors (Lipinski definition) is 3. The molecule has 3 heterocycles. The Morgan fingerprint density at radius 2 is 2.08 bits per heavy atom. The Balaban J connectivity index is 1.90. The highest BCUT2D eigenvalue weighted by Crippen LogP contribution is 2.36. The topological polar surface area (TPSA) is 46.7 Å². The SMILES string of the molecule is CC[NH+](CC)CCNc1nc(SC)nc2sc3c(c12)CC[NH+](C)C3. The van der Waals surface area contributed by atoms with E-state index in [0.717, 1.165) is 41.9 Å². The molecule has 0 aromatic carbocycles. The van der Waals surface area contributed by atoms with Gasteiger partial charge in [-0.05, 0) is 25.7 Å². The summed E-state index contributed by atoms with van der Waals surface area (Å²) < 4.78 is 0. The summed E-state index contributed by atoms with van der Waals surface area (Å²) in [5.41, 5.74) is 1.49. The van der Waals surface area contributed by atoms with E-state index in [-0.39, 0.29) is 0 Å². The fourth-order valence-electron chi connectivity index (χ4n) is 3.37. The summed E-state index contributed by atoms with van der Waals surface area (Å²) in [7, 11) is 2.28. The number of aromatic nitrogens is 2. The van der Waals surface area contributed by atoms with Gasteiger partial charge in [-0.2, -0.15) is 0 Å². The number of hydrogen-bond acceptors (Lipinski definition) is 5. The summed E-state index contributed by atoms with van der Waals surface area (Å²) in [6, 6.07) is 0. The highest BCUT2D eigenvalue weighted by molar-refractivity contribution is 7.98. The van der Waals surface area contributed by atoms with Crippen LogP contribution in [0.25, 0.3) is 10.2 Å². The molecule has 24 heavy (non-hydrogen) atoms. The van der Waals surface area contributed by atoms with Crippen LogP contribution < -0.4 is 15.1 Å². The molecule has 0 spiro atoms. The molecule has 2 aromatic heterocycles. The van der Waals surface area contributed by atoms with E-state index in [9.17, 15) is 0 Å². The van der Waals surface area contributed by atoms with Gasteiger partial charge in [-0.1, -0.05) is 11.8 Å². The molecule has 0 radical (unpaired) electrons. The van der Waals surface area contributed by atoms with Crippen molar-refractivity contribution in [1.82, 2.24) is 9.97 Å². The van der Waals surface area contributed by atoms with Crippen molar-refractivity contribution >= 4 is 39.1 Å². The monoisotopic (exact) mass is 367 g/mol. The van der Waals surface area contributed by atoms with Crippen molar-refractivity contribution in [3.05, 3.63) is 10.4 Å². The van der Waals surface area contributed by atoms with Gasteiger partial charge in [0.15, 0.2) is 5.16 Å². The Morgan fingerprint density at radius 3 is 2.79 bits per heavy atom. The lowest BCUT2D eigenvalue weighted by molar-refractivity contribution is -0.895. The van der Waals surface area contributed by atoms with Crippen molar-refractivity contribution in [2.24, 2.45) is 0 Å². The van der Waals surface area contributed by atoms with Gasteiger partial charge >= 0.3 is 0 Å². The molecule has 3 N–H and O–H groups in total. The predicted molar refractivity (Wildman–Crippen MR) is 104 cm³/mol. The predicted octanol–water partition coefficient (Wildman–Crippen LogP) is 0.321. The van der Waals surface area contributed by atoms with Crippen LogP contribution in [0.5, 0.6) is 0 Å². The van der Waals surface area contributed by atoms with Crippen LogP contribution in [0.3, 0.4) is 0 Å². The van der Waals surface area contributed by atoms with Gasteiger partial charge in [0.2, 0.25) is 0 Å². The molecule has 7 heteroatoms. The second-order valence-electron chi connectivity index (χ2n) is 6.51. The summed E-state index contributed by atoms with van der Waals surface area (Å²) in [4.78, 5) is 15.4. The van der Waals surface area contributed by atoms with Crippen LogP contribution in [0.2, 0.25) is 0 Å². The standard InChI is InChI=1S/C17H27N5S2/c1-5-22(6-2)10-8-18-15-14-12-7-9-21(3)11-13(12)24-16(14)20-17(19-15)23-4/h5-11H2,1-4H3,(H,18,19,20)/p+2. The highest BCUT2D eigenvalue weighted by atomic mass is 32.2. The lowest BCUT2D eigenvalue weighted by atomic mass is 10.1. The van der Waals surface area contributed by atoms with Crippen molar-refractivity contribution in [2.45, 2.75) is 32.0 Å². The van der Waals surface area contributed by atoms with Crippen LogP contribution in [0.4, 0.5) is 5.82 Å². The van der Waals surface area contributed by atoms with Gasteiger partial charge in [-0.15, -0.1) is 11.3 Å². The van der Waals surface area contributed by atoms with E-state index in [1.807, 2.05) is 11.3 Å². The molecular weight excluding hydrogens is 338 g/mol. The number of likely N-dealkylation sites (N-methyl/N-ethyl adjacent to an activating group) is 2. The molecule has 1 aliphatic heterocycles. The van der Waals surface area contributed by atoms with Gasteiger partial charge in [0.25, 0.3) is 0 Å². The molecule has 5 nitrogen and oxygen atoms in total. The molecule has 1 aliphatic rings. The number of nitrogens with zero attached hydrogens (tertiary/aromatic N) is 2. The molecule has 0 saturated heterocycles. The third-order valence-electron chi connectivity index (χ3n) is 4.93. The summed E-state index contributed by atoms with van der Waals surface area (Å²) in [6.45, 7) is 11.3. The summed E-state index contributed by atoms with van der Waals surface area (Å²) in [5.74, 6) is 1.05. The van der Waals surface area contributed by atoms with Gasteiger partial charge < -0.3 is 15.1 Å². The largest absolute Gasteiger partial charge is 0.364 e. The molecule has 0 aliphatic carbocycles. The first-order chi connectivity index (χ1) is 11.7. The van der Waals surface area contributed by atoms with Crippen LogP contribution in [-0.4, -0.2) is 56.0 Å². The number of nitrogens with one attached hydrogen (secondary N) is 3. The molecule has 0 amide bonds. The molecule has 0 fully saturated rings. The Hall–Kier alpha value is -0.890. The maximum Gasteiger partial charge on any atom is 0.190 e. The maximum atomic E-state index is 4.80. The first-order valence-electron chi connectivity index (χ1n) is 8.91. The minimum absolute atomic E-state index is 0.875. The molecule has 132 valence electrons. The van der Waals surface area contributed by atoms with Gasteiger partial charge in [0.1, 0.15) is 17.2 Å². The number of quaternary nitrogens is 2. The molecule has 0 saturated carbocycles. The highest BCUT2D eigenvalue weighted by Gasteiger charge is 2.25. The molecule has 3 rings (SSSR count). The number of fused-ring (bicyclic) bond motifs is 3. The number of anilines is 1. The minimum atomic E-state index is 0.875. The fraction of sp³-hybridized carbons (Fsp3) is 0.647. The van der Waals surface area contributed by atoms with Gasteiger partial charge in [-0.25, -0.2) is 9.97 Å². The Kier molecular flexibility index (Phi) is 5.97. The van der Waals surface area contributed by atoms with Crippen LogP contribution in [-0.2, 0) is 13.0 Å². The van der Waals surface area contributed by atoms with Gasteiger partial charge in [-0.3, -0.25) is 0 Å². The Morgan fingerprint density at radius 1 is 1.29 bits per heavy atom. The number of thioether (sulfide) groups is 1. The maximum absolute atomic E-state index is 4.80. The minimum Gasteiger partial charge on any atom is -0.364 e. The van der Waals surface area contributed by atoms with E-state index in [1.165, 1.54) is 35.5 Å². The van der Waals surface area contributed by atoms with E-state index in [2.05, 4.69) is 32.5 Å². The lowest BCUT2D eigenvalue weighted by Gasteiger charge is -2.20. The first kappa shape index (κ1) is 17.9. The normalized spacial score (nSPS) is 17.5. The molecule has 2 aromatic rings. The fourth-order valence-corrected chi connectivity index (χ4v) is 5.13. The quantitative estimate of drug-likeness (QED) is 0.487. The van der Waals surface area contributed by atoms with E-state index in [4.69, 9.17) is 9.97 Å². The average Bonchev–Trinajstić information content (AvgIpc) is 2.95. The van der Waals surface area contributed by atoms with Crippen molar-refractivity contribution in [2.75, 3.05) is 51.3 Å². The number of thiophene rings is 1. The Bertz CT molecular complexity index is 696. The summed E-state index contributed by atoms with van der Waals surface area (Å²) in [6.07, 6.45) is 3.19. The lowest BCUT2D eigenvalue weighted by Crippen LogP contribution is -3.12. The third-order valence-corrected chi connectivity index (χ3v) is 6.60. The van der Waals surface area contributed by atoms with Gasteiger partial charge in [0.05, 0.1) is 50.0 Å². The van der Waals surface area contributed by atoms with Crippen molar-refractivity contribution in [3.63, 3.8) is 0 Å². The van der Waals surface area contributed by atoms with Gasteiger partial charge in [0, 0.05) is 6.42 Å². The van der Waals surface area contributed by atoms with E-state index < -0.39 is 0 Å². The third kappa shape index (κ3) is 3.69. The number of rotatable bonds is 7. The molecule has 1 atom stereocenters. The van der Waals surface area contributed by atoms with Crippen LogP contribution in [0.15, 0.2) is 5.16 Å². The zero-order valence-corrected chi connectivity index (χ0v) is 16.8. The van der Waals surface area contributed by atoms with Crippen LogP contribution in [0.1, 0.15) is 24.3 Å². The molecule has 0 bridgehead atoms. The van der Waals surface area contributed by atoms with E-state index in [1.54, 1.807) is 21.6 Å². The second kappa shape index (κ2) is 7.99. The van der Waals surface area contributed by atoms with Crippen molar-refractivity contribution < 1.29 is 9.80 Å². The van der Waals surface area contributed by atoms with Crippen LogP contribution >= 0.6 is 23.1 Å². The first-order valence-corrected chi connectivity index (χ1v) is 10.9. The average molecular weight is 368 g/mol. The smallest absolute Gasteiger partial charge is 0.190 e. The van der Waals surface area contributed by atoms with E-state index >= 15 is 0 Å². The summed E-state index contributed by atoms with van der Waals surface area (Å²) in [5, 5.41) is 5.78. The zero-order valence-electron chi connectivity index (χ0n) is 15.2. The van der Waals surface area contributed by atoms with Crippen LogP contribution in [0, 0.1) is 0 Å². The van der Waals surface area contributed by atoms with Crippen molar-refractivity contribution in [1.29, 1.82) is 0 Å². The Labute approximate surface area is 152 Å². The van der Waals surface area contributed by atoms with E-state index in [0.29, 0.717) is 0 Å².